The van der Waals surface area contributed by atoms with Gasteiger partial charge in [0.05, 0.1) is 5.25 Å². The van der Waals surface area contributed by atoms with E-state index < -0.39 is 5.97 Å². The smallest absolute Gasteiger partial charge is 0.303 e. The number of carboxylic acid groups (broad SMARTS) is 1. The quantitative estimate of drug-likeness (QED) is 0.711. The zero-order valence-electron chi connectivity index (χ0n) is 13.5. The van der Waals surface area contributed by atoms with E-state index in [0.29, 0.717) is 18.7 Å². The standard InChI is InChI=1S/C16H22N2O4S/c1-11(16(22)18(3)10-4-5-15(20)21)23-14-8-6-13(7-9-14)17-12(2)19/h6-9,11H,4-5,10H2,1-3H3,(H,17,19)(H,20,21). The van der Waals surface area contributed by atoms with Crippen LogP contribution in [0.25, 0.3) is 0 Å². The number of carboxylic acids is 1. The van der Waals surface area contributed by atoms with Gasteiger partial charge in [-0.25, -0.2) is 0 Å². The first kappa shape index (κ1) is 19.0. The maximum Gasteiger partial charge on any atom is 0.303 e. The molecule has 0 saturated heterocycles. The fraction of sp³-hybridized carbons (Fsp3) is 0.438. The predicted octanol–water partition coefficient (Wildman–Crippen LogP) is 2.45. The zero-order chi connectivity index (χ0) is 17.4. The summed E-state index contributed by atoms with van der Waals surface area (Å²) in [5.41, 5.74) is 0.714. The number of carbonyl (C=O) groups is 3. The number of anilines is 1. The van der Waals surface area contributed by atoms with E-state index in [4.69, 9.17) is 5.11 Å². The van der Waals surface area contributed by atoms with Crippen LogP contribution in [0.5, 0.6) is 0 Å². The third-order valence-electron chi connectivity index (χ3n) is 3.10. The van der Waals surface area contributed by atoms with Crippen molar-refractivity contribution in [1.82, 2.24) is 4.90 Å². The second-order valence-corrected chi connectivity index (χ2v) is 6.64. The number of aliphatic carboxylic acids is 1. The Kier molecular flexibility index (Phi) is 7.61. The Morgan fingerprint density at radius 1 is 1.26 bits per heavy atom. The Labute approximate surface area is 140 Å². The molecule has 0 spiro atoms. The maximum atomic E-state index is 12.2. The number of rotatable bonds is 8. The molecule has 7 heteroatoms. The van der Waals surface area contributed by atoms with Crippen LogP contribution in [0.15, 0.2) is 29.2 Å². The molecule has 1 atom stereocenters. The summed E-state index contributed by atoms with van der Waals surface area (Å²) >= 11 is 1.43. The van der Waals surface area contributed by atoms with E-state index in [1.165, 1.54) is 18.7 Å². The summed E-state index contributed by atoms with van der Waals surface area (Å²) < 4.78 is 0. The van der Waals surface area contributed by atoms with Crippen LogP contribution >= 0.6 is 11.8 Å². The number of nitrogens with zero attached hydrogens (tertiary/aromatic N) is 1. The monoisotopic (exact) mass is 338 g/mol. The third-order valence-corrected chi connectivity index (χ3v) is 4.20. The second kappa shape index (κ2) is 9.19. The Hall–Kier alpha value is -2.02. The summed E-state index contributed by atoms with van der Waals surface area (Å²) in [5, 5.41) is 11.0. The summed E-state index contributed by atoms with van der Waals surface area (Å²) in [5.74, 6) is -1.02. The number of amides is 2. The first-order chi connectivity index (χ1) is 10.8. The number of carbonyl (C=O) groups excluding carboxylic acids is 2. The molecule has 0 aromatic heterocycles. The lowest BCUT2D eigenvalue weighted by molar-refractivity contribution is -0.137. The summed E-state index contributed by atoms with van der Waals surface area (Å²) in [4.78, 5) is 36.2. The molecule has 0 fully saturated rings. The molecule has 0 aliphatic rings. The van der Waals surface area contributed by atoms with Gasteiger partial charge in [-0.05, 0) is 37.6 Å². The molecule has 23 heavy (non-hydrogen) atoms. The molecule has 2 amide bonds. The van der Waals surface area contributed by atoms with Crippen molar-refractivity contribution < 1.29 is 19.5 Å². The van der Waals surface area contributed by atoms with Crippen molar-refractivity contribution in [2.75, 3.05) is 18.9 Å². The molecule has 0 aliphatic carbocycles. The van der Waals surface area contributed by atoms with Crippen molar-refractivity contribution in [2.45, 2.75) is 36.8 Å². The molecule has 1 unspecified atom stereocenters. The minimum Gasteiger partial charge on any atom is -0.481 e. The van der Waals surface area contributed by atoms with Crippen molar-refractivity contribution in [1.29, 1.82) is 0 Å². The van der Waals surface area contributed by atoms with Crippen LogP contribution in [0.2, 0.25) is 0 Å². The predicted molar refractivity (Wildman–Crippen MR) is 90.6 cm³/mol. The maximum absolute atomic E-state index is 12.2. The first-order valence-electron chi connectivity index (χ1n) is 7.30. The zero-order valence-corrected chi connectivity index (χ0v) is 14.4. The lowest BCUT2D eigenvalue weighted by Gasteiger charge is -2.21. The molecule has 126 valence electrons. The van der Waals surface area contributed by atoms with Gasteiger partial charge in [-0.2, -0.15) is 0 Å². The largest absolute Gasteiger partial charge is 0.481 e. The molecular formula is C16H22N2O4S. The van der Waals surface area contributed by atoms with E-state index in [-0.39, 0.29) is 23.5 Å². The van der Waals surface area contributed by atoms with E-state index in [0.717, 1.165) is 4.90 Å². The highest BCUT2D eigenvalue weighted by Gasteiger charge is 2.18. The Morgan fingerprint density at radius 3 is 2.39 bits per heavy atom. The lowest BCUT2D eigenvalue weighted by Crippen LogP contribution is -2.34. The number of benzene rings is 1. The van der Waals surface area contributed by atoms with E-state index in [2.05, 4.69) is 5.32 Å². The van der Waals surface area contributed by atoms with Crippen LogP contribution < -0.4 is 5.32 Å². The number of hydrogen-bond acceptors (Lipinski definition) is 4. The minimum absolute atomic E-state index is 0.0358. The van der Waals surface area contributed by atoms with Crippen LogP contribution in [-0.4, -0.2) is 46.6 Å². The molecule has 0 aliphatic heterocycles. The molecule has 0 bridgehead atoms. The van der Waals surface area contributed by atoms with Crippen molar-refractivity contribution >= 4 is 35.2 Å². The van der Waals surface area contributed by atoms with Crippen LogP contribution in [0, 0.1) is 0 Å². The minimum atomic E-state index is -0.854. The van der Waals surface area contributed by atoms with E-state index in [9.17, 15) is 14.4 Å². The fourth-order valence-corrected chi connectivity index (χ4v) is 2.94. The third kappa shape index (κ3) is 7.19. The normalized spacial score (nSPS) is 11.6. The molecule has 1 aromatic rings. The van der Waals surface area contributed by atoms with Gasteiger partial charge in [0.25, 0.3) is 0 Å². The van der Waals surface area contributed by atoms with E-state index in [1.54, 1.807) is 24.1 Å². The van der Waals surface area contributed by atoms with Crippen molar-refractivity contribution in [3.63, 3.8) is 0 Å². The van der Waals surface area contributed by atoms with Gasteiger partial charge in [0.1, 0.15) is 0 Å². The van der Waals surface area contributed by atoms with Gasteiger partial charge in [0, 0.05) is 37.5 Å². The number of nitrogens with one attached hydrogen (secondary N) is 1. The molecule has 0 heterocycles. The van der Waals surface area contributed by atoms with E-state index in [1.807, 2.05) is 19.1 Å². The fourth-order valence-electron chi connectivity index (χ4n) is 1.96. The van der Waals surface area contributed by atoms with Gasteiger partial charge in [-0.3, -0.25) is 14.4 Å². The molecule has 0 saturated carbocycles. The summed E-state index contributed by atoms with van der Waals surface area (Å²) in [6.07, 6.45) is 0.504. The van der Waals surface area contributed by atoms with Crippen LogP contribution in [0.3, 0.4) is 0 Å². The molecular weight excluding hydrogens is 316 g/mol. The van der Waals surface area contributed by atoms with Gasteiger partial charge >= 0.3 is 5.97 Å². The molecule has 6 nitrogen and oxygen atoms in total. The van der Waals surface area contributed by atoms with Crippen molar-refractivity contribution in [2.24, 2.45) is 0 Å². The van der Waals surface area contributed by atoms with Gasteiger partial charge in [-0.15, -0.1) is 11.8 Å². The summed E-state index contributed by atoms with van der Waals surface area (Å²) in [6, 6.07) is 7.28. The molecule has 2 N–H and O–H groups in total. The van der Waals surface area contributed by atoms with Crippen LogP contribution in [0.4, 0.5) is 5.69 Å². The van der Waals surface area contributed by atoms with E-state index >= 15 is 0 Å². The highest BCUT2D eigenvalue weighted by atomic mass is 32.2. The van der Waals surface area contributed by atoms with Crippen molar-refractivity contribution in [3.05, 3.63) is 24.3 Å². The Balaban J connectivity index is 2.50. The Bertz CT molecular complexity index is 560. The van der Waals surface area contributed by atoms with Gasteiger partial charge in [0.15, 0.2) is 0 Å². The first-order valence-corrected chi connectivity index (χ1v) is 8.18. The molecule has 1 aromatic carbocycles. The van der Waals surface area contributed by atoms with Gasteiger partial charge in [0.2, 0.25) is 11.8 Å². The van der Waals surface area contributed by atoms with Gasteiger partial charge < -0.3 is 15.3 Å². The highest BCUT2D eigenvalue weighted by molar-refractivity contribution is 8.00. The lowest BCUT2D eigenvalue weighted by atomic mass is 10.3. The Morgan fingerprint density at radius 2 is 1.87 bits per heavy atom. The average Bonchev–Trinajstić information content (AvgIpc) is 2.47. The second-order valence-electron chi connectivity index (χ2n) is 5.22. The summed E-state index contributed by atoms with van der Waals surface area (Å²) in [7, 11) is 1.68. The topological polar surface area (TPSA) is 86.7 Å². The van der Waals surface area contributed by atoms with Crippen molar-refractivity contribution in [3.8, 4) is 0 Å². The average molecular weight is 338 g/mol. The molecule has 0 radical (unpaired) electrons. The van der Waals surface area contributed by atoms with Crippen LogP contribution in [-0.2, 0) is 14.4 Å². The SMILES string of the molecule is CC(=O)Nc1ccc(SC(C)C(=O)N(C)CCCC(=O)O)cc1. The number of thioether (sulfide) groups is 1. The number of hydrogen-bond donors (Lipinski definition) is 2. The molecule has 1 rings (SSSR count). The highest BCUT2D eigenvalue weighted by Crippen LogP contribution is 2.25. The van der Waals surface area contributed by atoms with Gasteiger partial charge in [-0.1, -0.05) is 0 Å². The summed E-state index contributed by atoms with van der Waals surface area (Å²) in [6.45, 7) is 3.70. The van der Waals surface area contributed by atoms with Crippen LogP contribution in [0.1, 0.15) is 26.7 Å².